The molecule has 1 heterocycles. The van der Waals surface area contributed by atoms with E-state index in [2.05, 4.69) is 12.1 Å². The van der Waals surface area contributed by atoms with Crippen molar-refractivity contribution in [3.8, 4) is 6.07 Å². The van der Waals surface area contributed by atoms with Gasteiger partial charge in [-0.05, 0) is 54.5 Å². The van der Waals surface area contributed by atoms with E-state index in [1.165, 1.54) is 28.4 Å². The summed E-state index contributed by atoms with van der Waals surface area (Å²) in [5.74, 6) is -0.359. The van der Waals surface area contributed by atoms with Crippen LogP contribution in [0.2, 0.25) is 0 Å². The molecule has 1 fully saturated rings. The van der Waals surface area contributed by atoms with Gasteiger partial charge in [-0.15, -0.1) is 0 Å². The molecule has 1 N–H and O–H groups in total. The van der Waals surface area contributed by atoms with Crippen molar-refractivity contribution in [2.24, 2.45) is 0 Å². The molecule has 3 atom stereocenters. The molecule has 6 heteroatoms. The predicted molar refractivity (Wildman–Crippen MR) is 111 cm³/mol. The largest absolute Gasteiger partial charge is 0.395 e. The lowest BCUT2D eigenvalue weighted by Gasteiger charge is -2.50. The molecule has 1 saturated heterocycles. The number of nitrogens with zero attached hydrogens (tertiary/aromatic N) is 2. The van der Waals surface area contributed by atoms with E-state index in [-0.39, 0.29) is 17.4 Å². The van der Waals surface area contributed by atoms with Crippen molar-refractivity contribution in [3.63, 3.8) is 0 Å². The predicted octanol–water partition coefficient (Wildman–Crippen LogP) is 3.69. The summed E-state index contributed by atoms with van der Waals surface area (Å²) >= 11 is 0. The number of sulfonamides is 1. The lowest BCUT2D eigenvalue weighted by molar-refractivity contribution is 0.0555. The summed E-state index contributed by atoms with van der Waals surface area (Å²) < 4.78 is 27.5. The molecule has 2 aliphatic rings. The average molecular weight is 409 g/mol. The Hall–Kier alpha value is -2.46. The Balaban J connectivity index is 1.74. The summed E-state index contributed by atoms with van der Waals surface area (Å²) in [6, 6.07) is 16.7. The smallest absolute Gasteiger partial charge is 0.244 e. The van der Waals surface area contributed by atoms with Gasteiger partial charge in [0.25, 0.3) is 0 Å². The van der Waals surface area contributed by atoms with Gasteiger partial charge in [-0.2, -0.15) is 9.57 Å². The van der Waals surface area contributed by atoms with Crippen LogP contribution >= 0.6 is 0 Å². The molecule has 2 aromatic carbocycles. The van der Waals surface area contributed by atoms with Crippen LogP contribution in [0.15, 0.2) is 65.6 Å². The van der Waals surface area contributed by atoms with E-state index in [1.807, 2.05) is 24.3 Å². The molecule has 150 valence electrons. The molecular formula is C23H24N2O3S. The van der Waals surface area contributed by atoms with Crippen LogP contribution < -0.4 is 0 Å². The fourth-order valence-corrected chi connectivity index (χ4v) is 6.32. The molecule has 4 rings (SSSR count). The van der Waals surface area contributed by atoms with E-state index in [4.69, 9.17) is 0 Å². The number of aliphatic hydroxyl groups excluding tert-OH is 1. The third-order valence-electron chi connectivity index (χ3n) is 5.95. The number of hydrogen-bond donors (Lipinski definition) is 1. The SMILES string of the molecule is N#C[C@H]1[C@@H](c2ccccc2C2=CCCCC2)[C@@H](CO)N1S(=O)(=O)c1ccccc1. The van der Waals surface area contributed by atoms with Gasteiger partial charge in [0.05, 0.1) is 23.6 Å². The molecule has 29 heavy (non-hydrogen) atoms. The highest BCUT2D eigenvalue weighted by atomic mass is 32.2. The molecule has 0 radical (unpaired) electrons. The van der Waals surface area contributed by atoms with Crippen LogP contribution in [0.25, 0.3) is 5.57 Å². The summed E-state index contributed by atoms with van der Waals surface area (Å²) in [5.41, 5.74) is 3.28. The van der Waals surface area contributed by atoms with Gasteiger partial charge in [0.15, 0.2) is 0 Å². The van der Waals surface area contributed by atoms with Crippen molar-refractivity contribution < 1.29 is 13.5 Å². The van der Waals surface area contributed by atoms with E-state index in [1.54, 1.807) is 18.2 Å². The number of aliphatic hydroxyl groups is 1. The Labute approximate surface area is 172 Å². The Kier molecular flexibility index (Phi) is 5.55. The maximum atomic E-state index is 13.2. The first-order chi connectivity index (χ1) is 14.1. The van der Waals surface area contributed by atoms with Gasteiger partial charge < -0.3 is 5.11 Å². The summed E-state index contributed by atoms with van der Waals surface area (Å²) in [6.45, 7) is -0.331. The first-order valence-corrected chi connectivity index (χ1v) is 11.4. The minimum absolute atomic E-state index is 0.139. The van der Waals surface area contributed by atoms with Crippen molar-refractivity contribution in [2.45, 2.75) is 48.6 Å². The topological polar surface area (TPSA) is 81.4 Å². The molecular weight excluding hydrogens is 384 g/mol. The second-order valence-corrected chi connectivity index (χ2v) is 9.40. The van der Waals surface area contributed by atoms with Crippen LogP contribution in [0.1, 0.15) is 42.7 Å². The van der Waals surface area contributed by atoms with Crippen LogP contribution in [0.4, 0.5) is 0 Å². The second kappa shape index (κ2) is 8.11. The summed E-state index contributed by atoms with van der Waals surface area (Å²) in [6.07, 6.45) is 6.57. The maximum absolute atomic E-state index is 13.2. The van der Waals surface area contributed by atoms with Crippen LogP contribution in [0.3, 0.4) is 0 Å². The van der Waals surface area contributed by atoms with Crippen molar-refractivity contribution >= 4 is 15.6 Å². The molecule has 0 amide bonds. The fourth-order valence-electron chi connectivity index (χ4n) is 4.55. The highest BCUT2D eigenvalue weighted by Crippen LogP contribution is 2.46. The van der Waals surface area contributed by atoms with Crippen LogP contribution in [-0.2, 0) is 10.0 Å². The van der Waals surface area contributed by atoms with Gasteiger partial charge in [0.1, 0.15) is 6.04 Å². The van der Waals surface area contributed by atoms with Crippen LogP contribution in [0, 0.1) is 11.3 Å². The summed E-state index contributed by atoms with van der Waals surface area (Å²) in [5, 5.41) is 19.9. The maximum Gasteiger partial charge on any atom is 0.244 e. The number of benzene rings is 2. The molecule has 2 aromatic rings. The third-order valence-corrected chi connectivity index (χ3v) is 7.87. The van der Waals surface area contributed by atoms with E-state index in [0.29, 0.717) is 0 Å². The fraction of sp³-hybridized carbons (Fsp3) is 0.348. The number of nitriles is 1. The molecule has 0 saturated carbocycles. The average Bonchev–Trinajstić information content (AvgIpc) is 2.75. The Morgan fingerprint density at radius 1 is 1.07 bits per heavy atom. The van der Waals surface area contributed by atoms with Crippen molar-refractivity contribution in [2.75, 3.05) is 6.61 Å². The molecule has 1 aliphatic carbocycles. The Morgan fingerprint density at radius 2 is 1.79 bits per heavy atom. The highest BCUT2D eigenvalue weighted by Gasteiger charge is 2.55. The van der Waals surface area contributed by atoms with Gasteiger partial charge in [-0.3, -0.25) is 0 Å². The first kappa shape index (κ1) is 19.8. The van der Waals surface area contributed by atoms with Crippen LogP contribution in [-0.4, -0.2) is 36.5 Å². The monoisotopic (exact) mass is 408 g/mol. The Morgan fingerprint density at radius 3 is 2.45 bits per heavy atom. The van der Waals surface area contributed by atoms with Crippen molar-refractivity contribution in [1.82, 2.24) is 4.31 Å². The molecule has 0 bridgehead atoms. The lowest BCUT2D eigenvalue weighted by atomic mass is 9.74. The summed E-state index contributed by atoms with van der Waals surface area (Å²) in [4.78, 5) is 0.139. The van der Waals surface area contributed by atoms with E-state index < -0.39 is 22.1 Å². The van der Waals surface area contributed by atoms with Crippen molar-refractivity contribution in [3.05, 3.63) is 71.8 Å². The highest BCUT2D eigenvalue weighted by molar-refractivity contribution is 7.89. The second-order valence-electron chi connectivity index (χ2n) is 7.56. The van der Waals surface area contributed by atoms with E-state index >= 15 is 0 Å². The normalized spacial score (nSPS) is 25.0. The zero-order valence-electron chi connectivity index (χ0n) is 16.1. The van der Waals surface area contributed by atoms with E-state index in [0.717, 1.165) is 30.4 Å². The van der Waals surface area contributed by atoms with Gasteiger partial charge in [0.2, 0.25) is 10.0 Å². The first-order valence-electron chi connectivity index (χ1n) is 9.97. The minimum Gasteiger partial charge on any atom is -0.395 e. The quantitative estimate of drug-likeness (QED) is 0.818. The molecule has 0 unspecified atom stereocenters. The molecule has 0 aromatic heterocycles. The van der Waals surface area contributed by atoms with Gasteiger partial charge >= 0.3 is 0 Å². The van der Waals surface area contributed by atoms with Gasteiger partial charge in [-0.1, -0.05) is 48.5 Å². The zero-order chi connectivity index (χ0) is 20.4. The van der Waals surface area contributed by atoms with Crippen LogP contribution in [0.5, 0.6) is 0 Å². The van der Waals surface area contributed by atoms with Crippen molar-refractivity contribution in [1.29, 1.82) is 5.26 Å². The van der Waals surface area contributed by atoms with Gasteiger partial charge in [0, 0.05) is 5.92 Å². The Bertz CT molecular complexity index is 1060. The number of rotatable bonds is 5. The molecule has 5 nitrogen and oxygen atoms in total. The van der Waals surface area contributed by atoms with E-state index in [9.17, 15) is 18.8 Å². The molecule has 0 spiro atoms. The van der Waals surface area contributed by atoms with Gasteiger partial charge in [-0.25, -0.2) is 8.42 Å². The number of allylic oxidation sites excluding steroid dienone is 2. The minimum atomic E-state index is -3.87. The lowest BCUT2D eigenvalue weighted by Crippen LogP contribution is -2.65. The standard InChI is InChI=1S/C23H24N2O3S/c24-15-21-23(20-14-8-7-13-19(20)17-9-3-1-4-10-17)22(16-26)25(21)29(27,28)18-11-5-2-6-12-18/h2,5-9,11-14,21-23,26H,1,3-4,10,16H2/t21-,22+,23+/m0/s1. The zero-order valence-corrected chi connectivity index (χ0v) is 16.9. The molecule has 1 aliphatic heterocycles. The third kappa shape index (κ3) is 3.40. The number of hydrogen-bond acceptors (Lipinski definition) is 4. The summed E-state index contributed by atoms with van der Waals surface area (Å²) in [7, 11) is -3.87.